The van der Waals surface area contributed by atoms with Gasteiger partial charge in [0.05, 0.1) is 0 Å². The molecule has 0 saturated carbocycles. The third-order valence-electron chi connectivity index (χ3n) is 3.04. The number of hydrogen-bond donors (Lipinski definition) is 0. The quantitative estimate of drug-likeness (QED) is 0.569. The maximum absolute atomic E-state index is 11.7. The van der Waals surface area contributed by atoms with Crippen LogP contribution in [0.2, 0.25) is 0 Å². The molecule has 3 heteroatoms. The number of nitrogens with zero attached hydrogens (tertiary/aromatic N) is 1. The summed E-state index contributed by atoms with van der Waals surface area (Å²) in [6.45, 7) is 3.43. The standard InChI is InChI=1S/C15H19NO2/c1-2-3-7-11-16(13-8-5-4-6-9-13)14-10-12-18-15(14)17/h4-6,8-10H,2-3,7,11-12H2,1H3. The Hall–Kier alpha value is -1.77. The number of cyclic esters (lactones) is 1. The van der Waals surface area contributed by atoms with E-state index in [0.717, 1.165) is 18.7 Å². The van der Waals surface area contributed by atoms with Gasteiger partial charge in [-0.05, 0) is 24.6 Å². The number of para-hydroxylation sites is 1. The van der Waals surface area contributed by atoms with Crippen LogP contribution in [0.3, 0.4) is 0 Å². The topological polar surface area (TPSA) is 29.5 Å². The van der Waals surface area contributed by atoms with E-state index in [4.69, 9.17) is 4.74 Å². The fourth-order valence-corrected chi connectivity index (χ4v) is 2.09. The average Bonchev–Trinajstić information content (AvgIpc) is 2.82. The zero-order valence-corrected chi connectivity index (χ0v) is 10.8. The van der Waals surface area contributed by atoms with E-state index in [2.05, 4.69) is 11.8 Å². The summed E-state index contributed by atoms with van der Waals surface area (Å²) in [7, 11) is 0. The van der Waals surface area contributed by atoms with Gasteiger partial charge in [-0.3, -0.25) is 0 Å². The van der Waals surface area contributed by atoms with Crippen LogP contribution < -0.4 is 4.90 Å². The fraction of sp³-hybridized carbons (Fsp3) is 0.400. The van der Waals surface area contributed by atoms with E-state index in [0.29, 0.717) is 12.3 Å². The fourth-order valence-electron chi connectivity index (χ4n) is 2.09. The first-order chi connectivity index (χ1) is 8.83. The highest BCUT2D eigenvalue weighted by atomic mass is 16.5. The van der Waals surface area contributed by atoms with Crippen LogP contribution in [0.15, 0.2) is 42.1 Å². The molecule has 96 valence electrons. The summed E-state index contributed by atoms with van der Waals surface area (Å²) in [5.74, 6) is -0.213. The predicted molar refractivity (Wildman–Crippen MR) is 72.4 cm³/mol. The van der Waals surface area contributed by atoms with Crippen LogP contribution in [0.4, 0.5) is 5.69 Å². The van der Waals surface area contributed by atoms with E-state index in [9.17, 15) is 4.79 Å². The second-order valence-corrected chi connectivity index (χ2v) is 4.38. The first-order valence-corrected chi connectivity index (χ1v) is 6.53. The first kappa shape index (κ1) is 12.7. The largest absolute Gasteiger partial charge is 0.457 e. The van der Waals surface area contributed by atoms with Crippen molar-refractivity contribution in [2.75, 3.05) is 18.1 Å². The van der Waals surface area contributed by atoms with Gasteiger partial charge in [-0.25, -0.2) is 4.79 Å². The Morgan fingerprint density at radius 1 is 1.22 bits per heavy atom. The lowest BCUT2D eigenvalue weighted by atomic mass is 10.2. The molecule has 18 heavy (non-hydrogen) atoms. The van der Waals surface area contributed by atoms with Gasteiger partial charge < -0.3 is 9.64 Å². The van der Waals surface area contributed by atoms with E-state index < -0.39 is 0 Å². The van der Waals surface area contributed by atoms with Crippen molar-refractivity contribution in [1.29, 1.82) is 0 Å². The second kappa shape index (κ2) is 6.24. The Kier molecular flexibility index (Phi) is 4.40. The Bertz CT molecular complexity index is 425. The summed E-state index contributed by atoms with van der Waals surface area (Å²) in [4.78, 5) is 13.8. The molecule has 0 aromatic heterocycles. The highest BCUT2D eigenvalue weighted by molar-refractivity contribution is 5.94. The Balaban J connectivity index is 2.15. The predicted octanol–water partition coefficient (Wildman–Crippen LogP) is 3.12. The molecule has 3 nitrogen and oxygen atoms in total. The third kappa shape index (κ3) is 2.92. The van der Waals surface area contributed by atoms with Gasteiger partial charge in [-0.15, -0.1) is 0 Å². The van der Waals surface area contributed by atoms with Crippen LogP contribution >= 0.6 is 0 Å². The van der Waals surface area contributed by atoms with Crippen LogP contribution in [0.5, 0.6) is 0 Å². The third-order valence-corrected chi connectivity index (χ3v) is 3.04. The van der Waals surface area contributed by atoms with Gasteiger partial charge in [0, 0.05) is 12.2 Å². The van der Waals surface area contributed by atoms with Crippen LogP contribution in [-0.2, 0) is 9.53 Å². The molecule has 2 rings (SSSR count). The molecule has 0 bridgehead atoms. The molecule has 1 aliphatic rings. The number of carbonyl (C=O) groups excluding carboxylic acids is 1. The van der Waals surface area contributed by atoms with Gasteiger partial charge in [-0.2, -0.15) is 0 Å². The molecule has 0 fully saturated rings. The number of esters is 1. The van der Waals surface area contributed by atoms with Gasteiger partial charge in [0.1, 0.15) is 12.3 Å². The first-order valence-electron chi connectivity index (χ1n) is 6.53. The lowest BCUT2D eigenvalue weighted by Gasteiger charge is -2.24. The zero-order valence-electron chi connectivity index (χ0n) is 10.8. The molecule has 1 aromatic carbocycles. The van der Waals surface area contributed by atoms with Crippen LogP contribution in [0, 0.1) is 0 Å². The lowest BCUT2D eigenvalue weighted by Crippen LogP contribution is -2.27. The second-order valence-electron chi connectivity index (χ2n) is 4.38. The van der Waals surface area contributed by atoms with Gasteiger partial charge >= 0.3 is 5.97 Å². The van der Waals surface area contributed by atoms with Crippen molar-refractivity contribution in [1.82, 2.24) is 0 Å². The summed E-state index contributed by atoms with van der Waals surface area (Å²) < 4.78 is 5.00. The van der Waals surface area contributed by atoms with Crippen LogP contribution in [0.1, 0.15) is 26.2 Å². The van der Waals surface area contributed by atoms with Crippen LogP contribution in [-0.4, -0.2) is 19.1 Å². The average molecular weight is 245 g/mol. The number of anilines is 1. The van der Waals surface area contributed by atoms with Crippen molar-refractivity contribution in [2.24, 2.45) is 0 Å². The molecular formula is C15H19NO2. The van der Waals surface area contributed by atoms with Gasteiger partial charge in [0.2, 0.25) is 0 Å². The summed E-state index contributed by atoms with van der Waals surface area (Å²) in [5.41, 5.74) is 1.73. The van der Waals surface area contributed by atoms with E-state index in [1.54, 1.807) is 0 Å². The Morgan fingerprint density at radius 2 is 2.00 bits per heavy atom. The molecule has 0 aliphatic carbocycles. The van der Waals surface area contributed by atoms with Crippen molar-refractivity contribution in [2.45, 2.75) is 26.2 Å². The van der Waals surface area contributed by atoms with E-state index in [1.807, 2.05) is 36.4 Å². The number of rotatable bonds is 6. The minimum Gasteiger partial charge on any atom is -0.457 e. The maximum Gasteiger partial charge on any atom is 0.355 e. The smallest absolute Gasteiger partial charge is 0.355 e. The normalized spacial score (nSPS) is 14.3. The minimum absolute atomic E-state index is 0.213. The number of carbonyl (C=O) groups is 1. The number of ether oxygens (including phenoxy) is 1. The van der Waals surface area contributed by atoms with Gasteiger partial charge in [0.25, 0.3) is 0 Å². The molecule has 0 atom stereocenters. The highest BCUT2D eigenvalue weighted by Crippen LogP contribution is 2.22. The van der Waals surface area contributed by atoms with Crippen molar-refractivity contribution in [3.05, 3.63) is 42.1 Å². The lowest BCUT2D eigenvalue weighted by molar-refractivity contribution is -0.136. The molecule has 1 heterocycles. The van der Waals surface area contributed by atoms with Crippen molar-refractivity contribution < 1.29 is 9.53 Å². The van der Waals surface area contributed by atoms with E-state index in [1.165, 1.54) is 12.8 Å². The maximum atomic E-state index is 11.7. The molecular weight excluding hydrogens is 226 g/mol. The van der Waals surface area contributed by atoms with E-state index in [-0.39, 0.29) is 5.97 Å². The number of benzene rings is 1. The summed E-state index contributed by atoms with van der Waals surface area (Å²) >= 11 is 0. The molecule has 0 spiro atoms. The molecule has 1 aliphatic heterocycles. The van der Waals surface area contributed by atoms with Gasteiger partial charge in [-0.1, -0.05) is 38.0 Å². The SMILES string of the molecule is CCCCCN(C1=CCOC1=O)c1ccccc1. The molecule has 0 amide bonds. The zero-order chi connectivity index (χ0) is 12.8. The molecule has 0 N–H and O–H groups in total. The summed E-state index contributed by atoms with van der Waals surface area (Å²) in [5, 5.41) is 0. The van der Waals surface area contributed by atoms with Crippen molar-refractivity contribution >= 4 is 11.7 Å². The summed E-state index contributed by atoms with van der Waals surface area (Å²) in [6.07, 6.45) is 5.29. The van der Waals surface area contributed by atoms with Crippen LogP contribution in [0.25, 0.3) is 0 Å². The Labute approximate surface area is 108 Å². The number of unbranched alkanes of at least 4 members (excludes halogenated alkanes) is 2. The summed E-state index contributed by atoms with van der Waals surface area (Å²) in [6, 6.07) is 10.0. The minimum atomic E-state index is -0.213. The number of hydrogen-bond acceptors (Lipinski definition) is 3. The molecule has 0 unspecified atom stereocenters. The van der Waals surface area contributed by atoms with Crippen molar-refractivity contribution in [3.63, 3.8) is 0 Å². The Morgan fingerprint density at radius 3 is 2.61 bits per heavy atom. The molecule has 0 saturated heterocycles. The van der Waals surface area contributed by atoms with Gasteiger partial charge in [0.15, 0.2) is 0 Å². The van der Waals surface area contributed by atoms with E-state index >= 15 is 0 Å². The monoisotopic (exact) mass is 245 g/mol. The van der Waals surface area contributed by atoms with Crippen molar-refractivity contribution in [3.8, 4) is 0 Å². The molecule has 1 aromatic rings. The molecule has 0 radical (unpaired) electrons. The highest BCUT2D eigenvalue weighted by Gasteiger charge is 2.23.